The summed E-state index contributed by atoms with van der Waals surface area (Å²) >= 11 is 0. The van der Waals surface area contributed by atoms with Gasteiger partial charge in [-0.2, -0.15) is 0 Å². The molecule has 0 saturated carbocycles. The molecule has 0 radical (unpaired) electrons. The number of nitrogens with one attached hydrogen (secondary N) is 2. The molecular formula is C21H24N2O3. The highest BCUT2D eigenvalue weighted by Crippen LogP contribution is 2.13. The Kier molecular flexibility index (Phi) is 6.39. The monoisotopic (exact) mass is 352 g/mol. The molecule has 2 N–H and O–H groups in total. The number of hydrogen-bond donors (Lipinski definition) is 2. The Hall–Kier alpha value is -2.66. The van der Waals surface area contributed by atoms with E-state index in [0.717, 1.165) is 25.0 Å². The van der Waals surface area contributed by atoms with E-state index in [1.165, 1.54) is 0 Å². The quantitative estimate of drug-likeness (QED) is 0.804. The highest BCUT2D eigenvalue weighted by molar-refractivity contribution is 5.97. The van der Waals surface area contributed by atoms with Gasteiger partial charge in [-0.05, 0) is 43.0 Å². The average molecular weight is 352 g/mol. The number of ether oxygens (including phenoxy) is 1. The zero-order valence-corrected chi connectivity index (χ0v) is 14.7. The van der Waals surface area contributed by atoms with E-state index in [9.17, 15) is 9.59 Å². The van der Waals surface area contributed by atoms with Crippen LogP contribution in [0.2, 0.25) is 0 Å². The molecule has 2 aromatic rings. The minimum atomic E-state index is -0.152. The van der Waals surface area contributed by atoms with Crippen molar-refractivity contribution in [3.8, 4) is 0 Å². The molecule has 5 nitrogen and oxygen atoms in total. The van der Waals surface area contributed by atoms with Gasteiger partial charge in [-0.15, -0.1) is 0 Å². The largest absolute Gasteiger partial charge is 0.376 e. The number of carbonyl (C=O) groups excluding carboxylic acids is 2. The molecule has 3 rings (SSSR count). The summed E-state index contributed by atoms with van der Waals surface area (Å²) in [7, 11) is 0. The molecule has 1 aliphatic rings. The topological polar surface area (TPSA) is 67.4 Å². The molecule has 2 amide bonds. The van der Waals surface area contributed by atoms with E-state index in [2.05, 4.69) is 10.6 Å². The molecule has 1 aliphatic heterocycles. The van der Waals surface area contributed by atoms with Crippen LogP contribution in [-0.2, 0) is 16.0 Å². The van der Waals surface area contributed by atoms with Crippen molar-refractivity contribution in [2.75, 3.05) is 18.5 Å². The van der Waals surface area contributed by atoms with Gasteiger partial charge in [-0.3, -0.25) is 9.59 Å². The Labute approximate surface area is 153 Å². The van der Waals surface area contributed by atoms with Crippen LogP contribution >= 0.6 is 0 Å². The third-order valence-corrected chi connectivity index (χ3v) is 4.41. The highest BCUT2D eigenvalue weighted by Gasteiger charge is 2.16. The van der Waals surface area contributed by atoms with Gasteiger partial charge in [0.15, 0.2) is 0 Å². The van der Waals surface area contributed by atoms with Crippen molar-refractivity contribution in [3.05, 3.63) is 65.7 Å². The minimum Gasteiger partial charge on any atom is -0.376 e. The van der Waals surface area contributed by atoms with Crippen molar-refractivity contribution in [2.45, 2.75) is 31.8 Å². The first kappa shape index (κ1) is 18.1. The Morgan fingerprint density at radius 3 is 2.69 bits per heavy atom. The van der Waals surface area contributed by atoms with Crippen LogP contribution in [0.5, 0.6) is 0 Å². The number of benzene rings is 2. The number of amides is 2. The second-order valence-corrected chi connectivity index (χ2v) is 6.46. The summed E-state index contributed by atoms with van der Waals surface area (Å²) in [5, 5.41) is 5.75. The fourth-order valence-corrected chi connectivity index (χ4v) is 2.98. The molecule has 5 heteroatoms. The van der Waals surface area contributed by atoms with Gasteiger partial charge in [-0.25, -0.2) is 0 Å². The number of anilines is 1. The van der Waals surface area contributed by atoms with E-state index >= 15 is 0 Å². The van der Waals surface area contributed by atoms with Gasteiger partial charge in [0.2, 0.25) is 5.91 Å². The lowest BCUT2D eigenvalue weighted by atomic mass is 10.1. The molecule has 1 fully saturated rings. The summed E-state index contributed by atoms with van der Waals surface area (Å²) in [6.45, 7) is 1.29. The summed E-state index contributed by atoms with van der Waals surface area (Å²) in [4.78, 5) is 24.4. The Bertz CT molecular complexity index is 740. The van der Waals surface area contributed by atoms with E-state index in [0.29, 0.717) is 30.6 Å². The summed E-state index contributed by atoms with van der Waals surface area (Å²) in [6.07, 6.45) is 3.23. The fourth-order valence-electron chi connectivity index (χ4n) is 2.98. The van der Waals surface area contributed by atoms with Crippen LogP contribution in [0.4, 0.5) is 5.69 Å². The van der Waals surface area contributed by atoms with E-state index in [1.54, 1.807) is 24.3 Å². The zero-order valence-electron chi connectivity index (χ0n) is 14.7. The first-order chi connectivity index (χ1) is 12.7. The van der Waals surface area contributed by atoms with Crippen LogP contribution in [0.3, 0.4) is 0 Å². The van der Waals surface area contributed by atoms with E-state index in [1.807, 2.05) is 30.3 Å². The van der Waals surface area contributed by atoms with Crippen LogP contribution in [0, 0.1) is 0 Å². The van der Waals surface area contributed by atoms with Crippen molar-refractivity contribution in [2.24, 2.45) is 0 Å². The lowest BCUT2D eigenvalue weighted by Crippen LogP contribution is -2.31. The lowest BCUT2D eigenvalue weighted by molar-refractivity contribution is -0.116. The highest BCUT2D eigenvalue weighted by atomic mass is 16.5. The molecule has 2 aromatic carbocycles. The molecule has 1 atom stereocenters. The fraction of sp³-hybridized carbons (Fsp3) is 0.333. The van der Waals surface area contributed by atoms with Crippen LogP contribution in [0.25, 0.3) is 0 Å². The number of aryl methyl sites for hydroxylation is 1. The van der Waals surface area contributed by atoms with Crippen molar-refractivity contribution >= 4 is 17.5 Å². The average Bonchev–Trinajstić information content (AvgIpc) is 3.19. The summed E-state index contributed by atoms with van der Waals surface area (Å²) in [6, 6.07) is 16.9. The van der Waals surface area contributed by atoms with Gasteiger partial charge in [0.05, 0.1) is 6.10 Å². The van der Waals surface area contributed by atoms with Gasteiger partial charge >= 0.3 is 0 Å². The van der Waals surface area contributed by atoms with Gasteiger partial charge in [-0.1, -0.05) is 36.4 Å². The zero-order chi connectivity index (χ0) is 18.2. The predicted octanol–water partition coefficient (Wildman–Crippen LogP) is 3.17. The maximum absolute atomic E-state index is 12.3. The maximum atomic E-state index is 12.3. The molecular weight excluding hydrogens is 328 g/mol. The van der Waals surface area contributed by atoms with Crippen LogP contribution in [0.1, 0.15) is 35.2 Å². The molecule has 26 heavy (non-hydrogen) atoms. The molecule has 1 saturated heterocycles. The summed E-state index contributed by atoms with van der Waals surface area (Å²) in [5.74, 6) is -0.216. The van der Waals surface area contributed by atoms with Crippen molar-refractivity contribution < 1.29 is 14.3 Å². The van der Waals surface area contributed by atoms with Gasteiger partial charge < -0.3 is 15.4 Å². The molecule has 0 spiro atoms. The number of hydrogen-bond acceptors (Lipinski definition) is 3. The first-order valence-corrected chi connectivity index (χ1v) is 9.04. The molecule has 0 aliphatic carbocycles. The van der Waals surface area contributed by atoms with Gasteiger partial charge in [0.25, 0.3) is 5.91 Å². The van der Waals surface area contributed by atoms with Crippen LogP contribution < -0.4 is 10.6 Å². The Morgan fingerprint density at radius 2 is 1.92 bits per heavy atom. The standard InChI is InChI=1S/C21H24N2O3/c24-20(12-11-16-6-2-1-3-7-16)23-18-9-4-8-17(14-18)21(25)22-15-19-10-5-13-26-19/h1-4,6-9,14,19H,5,10-13,15H2,(H,22,25)(H,23,24). The summed E-state index contributed by atoms with van der Waals surface area (Å²) < 4.78 is 5.51. The van der Waals surface area contributed by atoms with Crippen molar-refractivity contribution in [1.82, 2.24) is 5.32 Å². The summed E-state index contributed by atoms with van der Waals surface area (Å²) in [5.41, 5.74) is 2.29. The third-order valence-electron chi connectivity index (χ3n) is 4.41. The van der Waals surface area contributed by atoms with Gasteiger partial charge in [0.1, 0.15) is 0 Å². The SMILES string of the molecule is O=C(CCc1ccccc1)Nc1cccc(C(=O)NCC2CCCO2)c1. The Balaban J connectivity index is 1.49. The minimum absolute atomic E-state index is 0.0641. The molecule has 1 heterocycles. The maximum Gasteiger partial charge on any atom is 0.251 e. The molecule has 0 bridgehead atoms. The molecule has 1 unspecified atom stereocenters. The van der Waals surface area contributed by atoms with Crippen molar-refractivity contribution in [1.29, 1.82) is 0 Å². The van der Waals surface area contributed by atoms with E-state index in [-0.39, 0.29) is 17.9 Å². The first-order valence-electron chi connectivity index (χ1n) is 9.04. The normalized spacial score (nSPS) is 16.2. The number of rotatable bonds is 7. The lowest BCUT2D eigenvalue weighted by Gasteiger charge is -2.11. The predicted molar refractivity (Wildman–Crippen MR) is 101 cm³/mol. The van der Waals surface area contributed by atoms with Crippen molar-refractivity contribution in [3.63, 3.8) is 0 Å². The molecule has 136 valence electrons. The molecule has 0 aromatic heterocycles. The van der Waals surface area contributed by atoms with Crippen LogP contribution in [-0.4, -0.2) is 31.1 Å². The second-order valence-electron chi connectivity index (χ2n) is 6.46. The van der Waals surface area contributed by atoms with Gasteiger partial charge in [0, 0.05) is 30.8 Å². The Morgan fingerprint density at radius 1 is 1.08 bits per heavy atom. The van der Waals surface area contributed by atoms with Crippen LogP contribution in [0.15, 0.2) is 54.6 Å². The second kappa shape index (κ2) is 9.15. The third kappa shape index (κ3) is 5.43. The van der Waals surface area contributed by atoms with E-state index in [4.69, 9.17) is 4.74 Å². The smallest absolute Gasteiger partial charge is 0.251 e. The van der Waals surface area contributed by atoms with E-state index < -0.39 is 0 Å². The number of carbonyl (C=O) groups is 2.